The van der Waals surface area contributed by atoms with Crippen molar-refractivity contribution >= 4 is 5.78 Å². The molecular weight excluding hydrogens is 448 g/mol. The number of ketones is 1. The first-order chi connectivity index (χ1) is 16.5. The Morgan fingerprint density at radius 3 is 2.49 bits per heavy atom. The number of aliphatic hydroxyl groups is 1. The van der Waals surface area contributed by atoms with Gasteiger partial charge in [-0.25, -0.2) is 0 Å². The number of carbonyl (C=O) groups is 1. The molecule has 3 rings (SSSR count). The Morgan fingerprint density at radius 1 is 1.17 bits per heavy atom. The summed E-state index contributed by atoms with van der Waals surface area (Å²) in [7, 11) is 0. The van der Waals surface area contributed by atoms with Gasteiger partial charge in [0.1, 0.15) is 34.3 Å². The second-order valence-corrected chi connectivity index (χ2v) is 9.20. The lowest BCUT2D eigenvalue weighted by atomic mass is 9.87. The molecule has 2 aromatic rings. The van der Waals surface area contributed by atoms with E-state index >= 15 is 0 Å². The lowest BCUT2D eigenvalue weighted by Gasteiger charge is -2.33. The van der Waals surface area contributed by atoms with Gasteiger partial charge >= 0.3 is 0 Å². The van der Waals surface area contributed by atoms with Crippen LogP contribution in [0, 0.1) is 5.92 Å². The van der Waals surface area contributed by atoms with Crippen LogP contribution in [-0.4, -0.2) is 38.9 Å². The fraction of sp³-hybridized carbons (Fsp3) is 0.393. The second kappa shape index (κ2) is 10.9. The molecule has 0 bridgehead atoms. The maximum Gasteiger partial charge on any atom is 0.202 e. The highest BCUT2D eigenvalue weighted by molar-refractivity contribution is 6.06. The van der Waals surface area contributed by atoms with E-state index in [9.17, 15) is 25.2 Å². The molecule has 7 heteroatoms. The number of allylic oxidation sites excluding steroid dienone is 3. The number of carbonyl (C=O) groups excluding carboxylic acids is 1. The van der Waals surface area contributed by atoms with Gasteiger partial charge in [-0.3, -0.25) is 4.79 Å². The average Bonchev–Trinajstić information content (AvgIpc) is 2.77. The minimum Gasteiger partial charge on any atom is -0.508 e. The highest BCUT2D eigenvalue weighted by atomic mass is 16.5. The summed E-state index contributed by atoms with van der Waals surface area (Å²) in [5, 5.41) is 41.7. The van der Waals surface area contributed by atoms with Crippen molar-refractivity contribution in [2.24, 2.45) is 5.92 Å². The Labute approximate surface area is 206 Å². The van der Waals surface area contributed by atoms with Crippen LogP contribution in [0.15, 0.2) is 48.1 Å². The van der Waals surface area contributed by atoms with E-state index in [1.54, 1.807) is 6.92 Å². The number of benzene rings is 2. The van der Waals surface area contributed by atoms with Gasteiger partial charge in [-0.2, -0.15) is 0 Å². The van der Waals surface area contributed by atoms with Crippen LogP contribution in [0.25, 0.3) is 0 Å². The molecule has 1 heterocycles. The highest BCUT2D eigenvalue weighted by Crippen LogP contribution is 2.47. The van der Waals surface area contributed by atoms with Gasteiger partial charge in [-0.1, -0.05) is 23.8 Å². The maximum absolute atomic E-state index is 13.3. The van der Waals surface area contributed by atoms with Gasteiger partial charge in [0, 0.05) is 23.3 Å². The first-order valence-electron chi connectivity index (χ1n) is 11.8. The first kappa shape index (κ1) is 26.2. The number of ether oxygens (including phenoxy) is 2. The van der Waals surface area contributed by atoms with Crippen LogP contribution in [0.5, 0.6) is 28.7 Å². The fourth-order valence-corrected chi connectivity index (χ4v) is 4.28. The minimum atomic E-state index is -1.62. The summed E-state index contributed by atoms with van der Waals surface area (Å²) in [6.45, 7) is 12.1. The van der Waals surface area contributed by atoms with Gasteiger partial charge in [0.2, 0.25) is 5.78 Å². The summed E-state index contributed by atoms with van der Waals surface area (Å²) in [5.74, 6) is -0.773. The van der Waals surface area contributed by atoms with Crippen molar-refractivity contribution in [2.75, 3.05) is 6.61 Å². The van der Waals surface area contributed by atoms with Crippen molar-refractivity contribution in [3.8, 4) is 28.7 Å². The standard InChI is InChI=1S/C28H34O7/c1-6-34-23-14-22(31)19(11-9-17(16(4)5)8-7-15(2)3)27-24(23)25(32)26(33)28(35-27)20-12-10-18(29)13-21(20)30/h7,10,12-14,17,26,28-31,33H,4,6,8-9,11H2,1-3,5H3. The zero-order valence-electron chi connectivity index (χ0n) is 20.7. The Hall–Kier alpha value is -3.45. The van der Waals surface area contributed by atoms with Gasteiger partial charge in [-0.15, -0.1) is 0 Å². The summed E-state index contributed by atoms with van der Waals surface area (Å²) in [5.41, 5.74) is 2.86. The molecule has 4 N–H and O–H groups in total. The molecule has 0 aromatic heterocycles. The third kappa shape index (κ3) is 5.62. The number of Topliss-reactive ketones (excluding diaryl/α,β-unsaturated/α-hetero) is 1. The number of aromatic hydroxyl groups is 3. The van der Waals surface area contributed by atoms with Crippen LogP contribution in [0.1, 0.15) is 68.1 Å². The summed E-state index contributed by atoms with van der Waals surface area (Å²) < 4.78 is 11.7. The van der Waals surface area contributed by atoms with Crippen molar-refractivity contribution < 1.29 is 34.7 Å². The normalized spacial score (nSPS) is 17.8. The molecule has 0 saturated heterocycles. The molecule has 3 unspecified atom stereocenters. The van der Waals surface area contributed by atoms with E-state index in [4.69, 9.17) is 9.47 Å². The Balaban J connectivity index is 2.07. The van der Waals surface area contributed by atoms with E-state index in [1.165, 1.54) is 23.8 Å². The molecule has 0 saturated carbocycles. The smallest absolute Gasteiger partial charge is 0.202 e. The van der Waals surface area contributed by atoms with Crippen molar-refractivity contribution in [2.45, 2.75) is 59.2 Å². The molecule has 35 heavy (non-hydrogen) atoms. The van der Waals surface area contributed by atoms with Gasteiger partial charge in [0.15, 0.2) is 12.2 Å². The molecule has 0 spiro atoms. The second-order valence-electron chi connectivity index (χ2n) is 9.20. The lowest BCUT2D eigenvalue weighted by Crippen LogP contribution is -2.37. The molecule has 2 aromatic carbocycles. The van der Waals surface area contributed by atoms with E-state index in [0.717, 1.165) is 18.1 Å². The molecule has 0 amide bonds. The number of phenols is 3. The monoisotopic (exact) mass is 482 g/mol. The van der Waals surface area contributed by atoms with Gasteiger partial charge < -0.3 is 29.9 Å². The van der Waals surface area contributed by atoms with Crippen LogP contribution >= 0.6 is 0 Å². The SMILES string of the molecule is C=C(C)C(CC=C(C)C)CCc1c(O)cc(OCC)c2c1OC(c1ccc(O)cc1O)C(O)C2=O. The van der Waals surface area contributed by atoms with Gasteiger partial charge in [0.25, 0.3) is 0 Å². The van der Waals surface area contributed by atoms with Crippen molar-refractivity contribution in [1.29, 1.82) is 0 Å². The summed E-state index contributed by atoms with van der Waals surface area (Å²) >= 11 is 0. The van der Waals surface area contributed by atoms with Crippen LogP contribution in [0.4, 0.5) is 0 Å². The van der Waals surface area contributed by atoms with Gasteiger partial charge in [0.05, 0.1) is 6.61 Å². The first-order valence-corrected chi connectivity index (χ1v) is 11.8. The van der Waals surface area contributed by atoms with E-state index in [2.05, 4.69) is 12.7 Å². The zero-order valence-corrected chi connectivity index (χ0v) is 20.7. The molecule has 3 atom stereocenters. The quantitative estimate of drug-likeness (QED) is 0.356. The predicted molar refractivity (Wildman–Crippen MR) is 133 cm³/mol. The number of fused-ring (bicyclic) bond motifs is 1. The van der Waals surface area contributed by atoms with Crippen LogP contribution in [0.3, 0.4) is 0 Å². The number of phenolic OH excluding ortho intramolecular Hbond substituents is 3. The molecule has 1 aliphatic heterocycles. The Kier molecular flexibility index (Phi) is 8.12. The zero-order chi connectivity index (χ0) is 25.9. The molecule has 188 valence electrons. The number of aliphatic hydroxyl groups excluding tert-OH is 1. The minimum absolute atomic E-state index is 0.0674. The summed E-state index contributed by atoms with van der Waals surface area (Å²) in [4.78, 5) is 13.3. The van der Waals surface area contributed by atoms with E-state index in [1.807, 2.05) is 20.8 Å². The topological polar surface area (TPSA) is 116 Å². The number of hydrogen-bond acceptors (Lipinski definition) is 7. The Morgan fingerprint density at radius 2 is 1.89 bits per heavy atom. The molecule has 7 nitrogen and oxygen atoms in total. The fourth-order valence-electron chi connectivity index (χ4n) is 4.28. The molecule has 0 fully saturated rings. The van der Waals surface area contributed by atoms with Crippen LogP contribution < -0.4 is 9.47 Å². The third-order valence-corrected chi connectivity index (χ3v) is 6.24. The highest BCUT2D eigenvalue weighted by Gasteiger charge is 2.42. The van der Waals surface area contributed by atoms with E-state index in [0.29, 0.717) is 18.4 Å². The maximum atomic E-state index is 13.3. The summed E-state index contributed by atoms with van der Waals surface area (Å²) in [6, 6.07) is 5.22. The van der Waals surface area contributed by atoms with E-state index < -0.39 is 18.0 Å². The molecular formula is C28H34O7. The van der Waals surface area contributed by atoms with Crippen molar-refractivity contribution in [1.82, 2.24) is 0 Å². The van der Waals surface area contributed by atoms with Crippen molar-refractivity contribution in [3.05, 3.63) is 64.8 Å². The van der Waals surface area contributed by atoms with Crippen molar-refractivity contribution in [3.63, 3.8) is 0 Å². The van der Waals surface area contributed by atoms with E-state index in [-0.39, 0.29) is 52.4 Å². The lowest BCUT2D eigenvalue weighted by molar-refractivity contribution is 0.0196. The third-order valence-electron chi connectivity index (χ3n) is 6.24. The van der Waals surface area contributed by atoms with Crippen LogP contribution in [0.2, 0.25) is 0 Å². The average molecular weight is 483 g/mol. The largest absolute Gasteiger partial charge is 0.508 e. The van der Waals surface area contributed by atoms with Gasteiger partial charge in [-0.05, 0) is 65.0 Å². The molecule has 1 aliphatic rings. The summed E-state index contributed by atoms with van der Waals surface area (Å²) in [6.07, 6.45) is 1.16. The molecule has 0 aliphatic carbocycles. The molecule has 0 radical (unpaired) electrons. The Bertz CT molecular complexity index is 1140. The number of rotatable bonds is 9. The predicted octanol–water partition coefficient (Wildman–Crippen LogP) is 5.36. The number of hydrogen-bond donors (Lipinski definition) is 4. The van der Waals surface area contributed by atoms with Crippen LogP contribution in [-0.2, 0) is 6.42 Å².